The summed E-state index contributed by atoms with van der Waals surface area (Å²) in [4.78, 5) is 38.3. The lowest BCUT2D eigenvalue weighted by Gasteiger charge is -2.18. The highest BCUT2D eigenvalue weighted by Gasteiger charge is 2.19. The van der Waals surface area contributed by atoms with E-state index < -0.39 is 6.10 Å². The summed E-state index contributed by atoms with van der Waals surface area (Å²) in [5.41, 5.74) is 0. The van der Waals surface area contributed by atoms with E-state index in [-0.39, 0.29) is 31.1 Å². The number of hydrogen-bond donors (Lipinski definition) is 0. The second-order valence-electron chi connectivity index (χ2n) is 20.9. The van der Waals surface area contributed by atoms with Crippen molar-refractivity contribution in [2.75, 3.05) is 13.2 Å². The van der Waals surface area contributed by atoms with E-state index in [2.05, 4.69) is 154 Å². The Bertz CT molecular complexity index is 1670. The van der Waals surface area contributed by atoms with Gasteiger partial charge in [0.1, 0.15) is 13.2 Å². The van der Waals surface area contributed by atoms with E-state index in [1.165, 1.54) is 83.5 Å². The largest absolute Gasteiger partial charge is 0.462 e. The van der Waals surface area contributed by atoms with Gasteiger partial charge >= 0.3 is 17.9 Å². The summed E-state index contributed by atoms with van der Waals surface area (Å²) in [6.45, 7) is 6.40. The van der Waals surface area contributed by atoms with Gasteiger partial charge in [-0.3, -0.25) is 14.4 Å². The van der Waals surface area contributed by atoms with Gasteiger partial charge in [-0.25, -0.2) is 0 Å². The van der Waals surface area contributed by atoms with Crippen molar-refractivity contribution in [1.29, 1.82) is 0 Å². The minimum Gasteiger partial charge on any atom is -0.462 e. The molecule has 0 aromatic carbocycles. The van der Waals surface area contributed by atoms with Crippen molar-refractivity contribution in [3.05, 3.63) is 134 Å². The molecule has 0 saturated heterocycles. The van der Waals surface area contributed by atoms with Gasteiger partial charge in [0, 0.05) is 19.3 Å². The topological polar surface area (TPSA) is 78.9 Å². The van der Waals surface area contributed by atoms with Crippen LogP contribution in [-0.2, 0) is 28.6 Å². The lowest BCUT2D eigenvalue weighted by Crippen LogP contribution is -2.30. The molecule has 78 heavy (non-hydrogen) atoms. The van der Waals surface area contributed by atoms with Gasteiger partial charge in [0.15, 0.2) is 6.10 Å². The Morgan fingerprint density at radius 3 is 0.782 bits per heavy atom. The molecule has 442 valence electrons. The third kappa shape index (κ3) is 62.4. The molecule has 1 atom stereocenters. The Morgan fingerprint density at radius 2 is 0.500 bits per heavy atom. The molecule has 0 saturated carbocycles. The van der Waals surface area contributed by atoms with Crippen molar-refractivity contribution in [2.45, 2.75) is 290 Å². The Labute approximate surface area is 481 Å². The average molecular weight is 1080 g/mol. The molecule has 0 aromatic rings. The third-order valence-corrected chi connectivity index (χ3v) is 13.4. The first-order valence-electron chi connectivity index (χ1n) is 32.2. The molecule has 0 N–H and O–H groups in total. The van der Waals surface area contributed by atoms with Crippen molar-refractivity contribution in [3.63, 3.8) is 0 Å². The maximum absolute atomic E-state index is 12.9. The lowest BCUT2D eigenvalue weighted by molar-refractivity contribution is -0.167. The third-order valence-electron chi connectivity index (χ3n) is 13.4. The maximum atomic E-state index is 12.9. The highest BCUT2D eigenvalue weighted by atomic mass is 16.6. The monoisotopic (exact) mass is 1080 g/mol. The van der Waals surface area contributed by atoms with Gasteiger partial charge in [-0.15, -0.1) is 0 Å². The fourth-order valence-electron chi connectivity index (χ4n) is 8.65. The highest BCUT2D eigenvalue weighted by Crippen LogP contribution is 2.15. The van der Waals surface area contributed by atoms with Crippen molar-refractivity contribution < 1.29 is 28.6 Å². The molecule has 0 rings (SSSR count). The Kier molecular flexibility index (Phi) is 61.4. The van der Waals surface area contributed by atoms with E-state index in [0.29, 0.717) is 19.3 Å². The molecule has 0 amide bonds. The van der Waals surface area contributed by atoms with Gasteiger partial charge in [-0.1, -0.05) is 283 Å². The molecule has 0 aromatic heterocycles. The minimum absolute atomic E-state index is 0.0917. The molecular formula is C72H118O6. The minimum atomic E-state index is -0.799. The Hall–Kier alpha value is -4.45. The normalized spacial score (nSPS) is 13.0. The van der Waals surface area contributed by atoms with Crippen molar-refractivity contribution >= 4 is 17.9 Å². The summed E-state index contributed by atoms with van der Waals surface area (Å²) in [6, 6.07) is 0. The number of esters is 3. The van der Waals surface area contributed by atoms with Gasteiger partial charge in [0.25, 0.3) is 0 Å². The number of unbranched alkanes of at least 4 members (excludes halogenated alkanes) is 24. The second kappa shape index (κ2) is 65.1. The molecule has 6 nitrogen and oxygen atoms in total. The van der Waals surface area contributed by atoms with Crippen LogP contribution in [0.5, 0.6) is 0 Å². The van der Waals surface area contributed by atoms with Crippen molar-refractivity contribution in [2.24, 2.45) is 0 Å². The summed E-state index contributed by atoms with van der Waals surface area (Å²) in [5, 5.41) is 0. The molecule has 0 aliphatic rings. The fourth-order valence-corrected chi connectivity index (χ4v) is 8.65. The molecule has 1 unspecified atom stereocenters. The molecule has 0 radical (unpaired) electrons. The van der Waals surface area contributed by atoms with Gasteiger partial charge in [0.05, 0.1) is 0 Å². The van der Waals surface area contributed by atoms with E-state index in [1.807, 2.05) is 0 Å². The summed E-state index contributed by atoms with van der Waals surface area (Å²) in [7, 11) is 0. The van der Waals surface area contributed by atoms with Crippen LogP contribution >= 0.6 is 0 Å². The number of ether oxygens (including phenoxy) is 3. The molecule has 0 fully saturated rings. The van der Waals surface area contributed by atoms with E-state index in [4.69, 9.17) is 14.2 Å². The molecule has 0 spiro atoms. The van der Waals surface area contributed by atoms with Crippen LogP contribution in [0.4, 0.5) is 0 Å². The molecule has 0 aliphatic carbocycles. The summed E-state index contributed by atoms with van der Waals surface area (Å²) >= 11 is 0. The number of carbonyl (C=O) groups excluding carboxylic acids is 3. The van der Waals surface area contributed by atoms with Crippen LogP contribution < -0.4 is 0 Å². The summed E-state index contributed by atoms with van der Waals surface area (Å²) < 4.78 is 16.9. The predicted octanol–water partition coefficient (Wildman–Crippen LogP) is 22.2. The standard InChI is InChI=1S/C72H118O6/c1-4-7-10-13-16-19-22-25-28-30-32-33-34-35-36-37-38-39-41-42-44-47-50-53-56-59-62-65-71(74)77-68-69(67-76-70(73)64-61-58-55-52-49-46-27-24-21-18-15-12-9-6-3)78-72(75)66-63-60-57-54-51-48-45-43-40-31-29-26-23-20-17-14-11-8-5-2/h7-8,10-11,16-17,19-20,25-26,28-29,32-33,35-36,38-40,42-44,69H,4-6,9,12-15,18,21-24,27,30-31,34,37,41,45-68H2,1-3H3/b10-7-,11-8-,19-16-,20-17-,28-25-,29-26-,33-32-,36-35-,39-38-,43-40-,44-42-. The zero-order valence-electron chi connectivity index (χ0n) is 50.6. The lowest BCUT2D eigenvalue weighted by atomic mass is 10.0. The van der Waals surface area contributed by atoms with Gasteiger partial charge in [-0.05, 0) is 116 Å². The maximum Gasteiger partial charge on any atom is 0.306 e. The molecule has 6 heteroatoms. The van der Waals surface area contributed by atoms with E-state index in [9.17, 15) is 14.4 Å². The zero-order chi connectivity index (χ0) is 56.4. The van der Waals surface area contributed by atoms with E-state index in [1.54, 1.807) is 0 Å². The van der Waals surface area contributed by atoms with Crippen LogP contribution in [0.25, 0.3) is 0 Å². The Morgan fingerprint density at radius 1 is 0.269 bits per heavy atom. The van der Waals surface area contributed by atoms with Crippen LogP contribution in [0.3, 0.4) is 0 Å². The smallest absolute Gasteiger partial charge is 0.306 e. The quantitative estimate of drug-likeness (QED) is 0.0261. The first-order chi connectivity index (χ1) is 38.5. The van der Waals surface area contributed by atoms with Crippen molar-refractivity contribution in [1.82, 2.24) is 0 Å². The predicted molar refractivity (Wildman–Crippen MR) is 339 cm³/mol. The van der Waals surface area contributed by atoms with Crippen LogP contribution in [0.1, 0.15) is 284 Å². The average Bonchev–Trinajstić information content (AvgIpc) is 3.44. The van der Waals surface area contributed by atoms with E-state index in [0.717, 1.165) is 161 Å². The van der Waals surface area contributed by atoms with Gasteiger partial charge < -0.3 is 14.2 Å². The molecule has 0 heterocycles. The highest BCUT2D eigenvalue weighted by molar-refractivity contribution is 5.71. The fraction of sp³-hybridized carbons (Fsp3) is 0.653. The van der Waals surface area contributed by atoms with E-state index >= 15 is 0 Å². The SMILES string of the molecule is CC/C=C\C/C=C\C/C=C\C/C=C\C/C=C\C/C=C\C/C=C\CCCCCCCC(=O)OCC(COC(=O)CCCCCCCCCCCCCCCC)OC(=O)CCCCCCCC/C=C\C/C=C\C/C=C\C/C=C\CC. The van der Waals surface area contributed by atoms with Crippen LogP contribution in [-0.4, -0.2) is 37.2 Å². The number of rotatable bonds is 57. The van der Waals surface area contributed by atoms with Gasteiger partial charge in [-0.2, -0.15) is 0 Å². The van der Waals surface area contributed by atoms with Crippen LogP contribution in [0.2, 0.25) is 0 Å². The van der Waals surface area contributed by atoms with Crippen LogP contribution in [0, 0.1) is 0 Å². The summed E-state index contributed by atoms with van der Waals surface area (Å²) in [6.07, 6.45) is 91.6. The first kappa shape index (κ1) is 73.5. The second-order valence-corrected chi connectivity index (χ2v) is 20.9. The Balaban J connectivity index is 4.42. The van der Waals surface area contributed by atoms with Crippen molar-refractivity contribution in [3.8, 4) is 0 Å². The molecular weight excluding hydrogens is 961 g/mol. The molecule has 0 aliphatic heterocycles. The molecule has 0 bridgehead atoms. The summed E-state index contributed by atoms with van der Waals surface area (Å²) in [5.74, 6) is -0.922. The number of allylic oxidation sites excluding steroid dienone is 22. The number of hydrogen-bond acceptors (Lipinski definition) is 6. The number of carbonyl (C=O) groups is 3. The van der Waals surface area contributed by atoms with Crippen LogP contribution in [0.15, 0.2) is 134 Å². The zero-order valence-corrected chi connectivity index (χ0v) is 50.6. The first-order valence-corrected chi connectivity index (χ1v) is 32.2. The van der Waals surface area contributed by atoms with Gasteiger partial charge in [0.2, 0.25) is 0 Å².